The maximum absolute atomic E-state index is 7.35. The van der Waals surface area contributed by atoms with Crippen molar-refractivity contribution in [2.24, 2.45) is 3.10 Å². The van der Waals surface area contributed by atoms with Crippen LogP contribution in [-0.4, -0.2) is 0 Å². The van der Waals surface area contributed by atoms with Crippen LogP contribution in [0.1, 0.15) is 0 Å². The van der Waals surface area contributed by atoms with Crippen LogP contribution in [0.3, 0.4) is 0 Å². The Labute approximate surface area is 38.6 Å². The predicted octanol–water partition coefficient (Wildman–Crippen LogP) is 0.759. The Bertz CT molecular complexity index is 41.2. The van der Waals surface area contributed by atoms with Gasteiger partial charge in [0, 0.05) is 0 Å². The molecule has 0 aromatic rings. The zero-order chi connectivity index (χ0) is 3.41. The summed E-state index contributed by atoms with van der Waals surface area (Å²) in [6, 6.07) is 0. The summed E-state index contributed by atoms with van der Waals surface area (Å²) in [5, 5.41) is 0. The van der Waals surface area contributed by atoms with Gasteiger partial charge in [0.15, 0.2) is 0 Å². The third-order valence-electron chi connectivity index (χ3n) is 0.0516. The van der Waals surface area contributed by atoms with Gasteiger partial charge in [0.1, 0.15) is 0 Å². The average Bonchev–Trinajstić information content (AvgIpc) is 1.37. The molecule has 0 amide bonds. The molecule has 0 aromatic carbocycles. The molecule has 4 heteroatoms. The van der Waals surface area contributed by atoms with Gasteiger partial charge in [0.25, 0.3) is 0 Å². The number of nitrogens with zero attached hydrogens (tertiary/aromatic N) is 3. The van der Waals surface area contributed by atoms with Gasteiger partial charge < -0.3 is 0 Å². The molecule has 0 aliphatic carbocycles. The molecule has 0 aromatic heterocycles. The molecule has 0 unspecified atom stereocenters. The molecule has 0 rings (SSSR count). The normalized spacial score (nSPS) is 3.75. The summed E-state index contributed by atoms with van der Waals surface area (Å²) in [7, 11) is 0. The average molecular weight is 87.0 g/mol. The Morgan fingerprint density at radius 1 is 2.00 bits per heavy atom. The van der Waals surface area contributed by atoms with Crippen molar-refractivity contribution < 1.29 is 24.7 Å². The van der Waals surface area contributed by atoms with Crippen molar-refractivity contribution >= 4 is 0 Å². The summed E-state index contributed by atoms with van der Waals surface area (Å²) < 4.78 is 2.98. The van der Waals surface area contributed by atoms with E-state index in [9.17, 15) is 0 Å². The Hall–Kier alpha value is 0.180. The molecule has 0 N–H and O–H groups in total. The van der Waals surface area contributed by atoms with Crippen molar-refractivity contribution in [2.45, 2.75) is 0 Å². The third kappa shape index (κ3) is 2.18. The Morgan fingerprint density at radius 2 is 2.25 bits per heavy atom. The summed E-state index contributed by atoms with van der Waals surface area (Å²) in [6.07, 6.45) is 0. The molecule has 0 saturated heterocycles. The van der Waals surface area contributed by atoms with Gasteiger partial charge in [-0.25, -0.2) is 0 Å². The van der Waals surface area contributed by atoms with Gasteiger partial charge >= 0.3 is 38.2 Å². The number of hydrogen-bond acceptors (Lipinski definition) is 1. The van der Waals surface area contributed by atoms with Crippen LogP contribution in [0.25, 0.3) is 10.4 Å². The first-order chi connectivity index (χ1) is 1.91. The van der Waals surface area contributed by atoms with E-state index >= 15 is 0 Å². The quantitative estimate of drug-likeness (QED) is 0.238. The van der Waals surface area contributed by atoms with E-state index in [0.29, 0.717) is 0 Å². The van der Waals surface area contributed by atoms with Crippen molar-refractivity contribution in [1.29, 1.82) is 0 Å². The van der Waals surface area contributed by atoms with Crippen LogP contribution >= 0.6 is 0 Å². The van der Waals surface area contributed by atoms with E-state index in [4.69, 9.17) is 5.53 Å². The fraction of sp³-hybridized carbons (Fsp3) is 0. The van der Waals surface area contributed by atoms with Crippen molar-refractivity contribution in [2.75, 3.05) is 0 Å². The van der Waals surface area contributed by atoms with Crippen LogP contribution in [0.15, 0.2) is 3.10 Å². The van der Waals surface area contributed by atoms with Crippen LogP contribution in [0.4, 0.5) is 0 Å². The van der Waals surface area contributed by atoms with Crippen LogP contribution in [-0.2, 0) is 24.7 Å². The molecule has 0 spiro atoms. The topological polar surface area (TPSA) is 48.8 Å². The van der Waals surface area contributed by atoms with Crippen molar-refractivity contribution in [3.8, 4) is 0 Å². The molecular weight excluding hydrogens is 87.0 g/mol. The minimum absolute atomic E-state index is 1.03. The first-order valence-electron chi connectivity index (χ1n) is 0.658. The second-order valence-corrected chi connectivity index (χ2v) is 0.566. The van der Waals surface area contributed by atoms with Crippen LogP contribution in [0, 0.1) is 0 Å². The first-order valence-corrected chi connectivity index (χ1v) is 1.46. The molecule has 0 atom stereocenters. The minimum atomic E-state index is 1.03. The van der Waals surface area contributed by atoms with Gasteiger partial charge in [-0.1, -0.05) is 0 Å². The van der Waals surface area contributed by atoms with E-state index in [1.807, 2.05) is 0 Å². The monoisotopic (exact) mass is 87.0 g/mol. The molecule has 0 bridgehead atoms. The predicted molar refractivity (Wildman–Crippen MR) is 9.15 cm³/mol. The zero-order valence-electron chi connectivity index (χ0n) is 1.92. The van der Waals surface area contributed by atoms with Gasteiger partial charge in [-0.2, -0.15) is 0 Å². The molecule has 3 nitrogen and oxygen atoms in total. The van der Waals surface area contributed by atoms with Gasteiger partial charge in [-0.05, 0) is 0 Å². The van der Waals surface area contributed by atoms with Gasteiger partial charge in [-0.15, -0.1) is 0 Å². The second kappa shape index (κ2) is 3.18. The molecule has 0 aliphatic heterocycles. The van der Waals surface area contributed by atoms with E-state index in [1.165, 1.54) is 0 Å². The van der Waals surface area contributed by atoms with E-state index in [-0.39, 0.29) is 0 Å². The van der Waals surface area contributed by atoms with Gasteiger partial charge in [-0.3, -0.25) is 0 Å². The zero-order valence-corrected chi connectivity index (χ0v) is 3.72. The SMILES string of the molecule is [N-]=[N+]=[N][Sc]. The van der Waals surface area contributed by atoms with Gasteiger partial charge in [0.05, 0.1) is 0 Å². The van der Waals surface area contributed by atoms with E-state index < -0.39 is 0 Å². The van der Waals surface area contributed by atoms with E-state index in [1.54, 1.807) is 0 Å². The maximum atomic E-state index is 7.35. The molecule has 0 heterocycles. The number of rotatable bonds is 0. The van der Waals surface area contributed by atoms with E-state index in [0.717, 1.165) is 24.7 Å². The molecule has 0 fully saturated rings. The first kappa shape index (κ1) is 4.18. The molecule has 0 saturated carbocycles. The molecule has 18 valence electrons. The molecule has 0 aliphatic rings. The molecule has 0 radical (unpaired) electrons. The van der Waals surface area contributed by atoms with Crippen LogP contribution in [0.5, 0.6) is 0 Å². The van der Waals surface area contributed by atoms with Crippen molar-refractivity contribution in [1.82, 2.24) is 0 Å². The standard InChI is InChI=1S/N3.Sc/c1-3-2;/q-1;+1. The Balaban J connectivity index is 3.11. The van der Waals surface area contributed by atoms with Crippen molar-refractivity contribution in [3.63, 3.8) is 0 Å². The molecule has 4 heavy (non-hydrogen) atoms. The van der Waals surface area contributed by atoms with Crippen molar-refractivity contribution in [3.05, 3.63) is 10.4 Å². The van der Waals surface area contributed by atoms with Crippen LogP contribution in [0.2, 0.25) is 0 Å². The fourth-order valence-corrected chi connectivity index (χ4v) is 0. The Morgan fingerprint density at radius 3 is 2.25 bits per heavy atom. The Kier molecular flexibility index (Phi) is 3.32. The second-order valence-electron chi connectivity index (χ2n) is 0.205. The number of azide groups is 1. The van der Waals surface area contributed by atoms with E-state index in [2.05, 4.69) is 8.01 Å². The summed E-state index contributed by atoms with van der Waals surface area (Å²) in [6.45, 7) is 0. The molecular formula is N3Sc. The summed E-state index contributed by atoms with van der Waals surface area (Å²) in [5.41, 5.74) is 7.35. The number of hydrogen-bond donors (Lipinski definition) is 0. The van der Waals surface area contributed by atoms with Gasteiger partial charge in [0.2, 0.25) is 0 Å². The summed E-state index contributed by atoms with van der Waals surface area (Å²) >= 11 is 1.03. The fourth-order valence-electron chi connectivity index (χ4n) is 0. The van der Waals surface area contributed by atoms with Crippen LogP contribution < -0.4 is 0 Å². The third-order valence-corrected chi connectivity index (χ3v) is 0.213. The summed E-state index contributed by atoms with van der Waals surface area (Å²) in [4.78, 5) is 2.39. The summed E-state index contributed by atoms with van der Waals surface area (Å²) in [5.74, 6) is 0.